The molecule has 0 aromatic carbocycles. The molecule has 1 aliphatic rings. The minimum Gasteiger partial charge on any atom is -0.394 e. The van der Waals surface area contributed by atoms with Crippen molar-refractivity contribution < 1.29 is 39.8 Å². The lowest BCUT2D eigenvalue weighted by Crippen LogP contribution is -2.60. The van der Waals surface area contributed by atoms with E-state index in [-0.39, 0.29) is 12.5 Å². The van der Waals surface area contributed by atoms with E-state index in [1.54, 1.807) is 0 Å². The Bertz CT molecular complexity index is 1230. The van der Waals surface area contributed by atoms with Gasteiger partial charge < -0.3 is 40.3 Å². The van der Waals surface area contributed by atoms with Crippen LogP contribution in [0.25, 0.3) is 0 Å². The van der Waals surface area contributed by atoms with Crippen LogP contribution in [0.15, 0.2) is 36.5 Å². The number of amides is 1. The number of aliphatic hydroxyl groups excluding tert-OH is 5. The highest BCUT2D eigenvalue weighted by molar-refractivity contribution is 5.76. The molecule has 0 aliphatic carbocycles. The minimum absolute atomic E-state index is 0.137. The number of nitrogens with one attached hydrogen (secondary N) is 1. The van der Waals surface area contributed by atoms with Crippen molar-refractivity contribution >= 4 is 5.91 Å². The summed E-state index contributed by atoms with van der Waals surface area (Å²) in [6.45, 7) is 3.86. The van der Waals surface area contributed by atoms with E-state index in [2.05, 4.69) is 55.6 Å². The minimum atomic E-state index is -1.55. The predicted octanol–water partition coefficient (Wildman–Crippen LogP) is 15.9. The van der Waals surface area contributed by atoms with E-state index in [0.29, 0.717) is 12.8 Å². The summed E-state index contributed by atoms with van der Waals surface area (Å²) >= 11 is 0. The lowest BCUT2D eigenvalue weighted by molar-refractivity contribution is -0.302. The van der Waals surface area contributed by atoms with Crippen LogP contribution < -0.4 is 5.32 Å². The summed E-state index contributed by atoms with van der Waals surface area (Å²) in [4.78, 5) is 13.1. The normalized spacial score (nSPS) is 19.3. The van der Waals surface area contributed by atoms with Gasteiger partial charge in [0.25, 0.3) is 0 Å². The lowest BCUT2D eigenvalue weighted by atomic mass is 9.99. The van der Waals surface area contributed by atoms with Crippen LogP contribution in [-0.2, 0) is 14.3 Å². The largest absolute Gasteiger partial charge is 0.394 e. The van der Waals surface area contributed by atoms with Gasteiger partial charge in [0, 0.05) is 6.42 Å². The fourth-order valence-electron chi connectivity index (χ4n) is 10.1. The van der Waals surface area contributed by atoms with Crippen molar-refractivity contribution in [3.05, 3.63) is 36.5 Å². The Balaban J connectivity index is 2.17. The van der Waals surface area contributed by atoms with E-state index >= 15 is 0 Å². The number of aliphatic hydroxyl groups is 5. The molecule has 9 nitrogen and oxygen atoms in total. The maximum atomic E-state index is 13.1. The third-order valence-corrected chi connectivity index (χ3v) is 15.0. The SMILES string of the molecule is CCCCCCC/C=C\C/C=C\C/C=C\CCCCCCCCCCCCCCC(=O)NC(COC1OC(CO)C(O)C(O)C1O)C(O)CCCCCCCCCCCCCCCCCCCCCCCC. The van der Waals surface area contributed by atoms with Crippen molar-refractivity contribution in [2.75, 3.05) is 13.2 Å². The van der Waals surface area contributed by atoms with Crippen molar-refractivity contribution in [3.8, 4) is 0 Å². The van der Waals surface area contributed by atoms with Crippen LogP contribution in [0.2, 0.25) is 0 Å². The van der Waals surface area contributed by atoms with Crippen LogP contribution in [-0.4, -0.2) is 87.5 Å². The third kappa shape index (κ3) is 41.6. The second-order valence-electron chi connectivity index (χ2n) is 21.9. The van der Waals surface area contributed by atoms with Crippen LogP contribution in [0.3, 0.4) is 0 Å². The van der Waals surface area contributed by atoms with E-state index in [1.807, 2.05) is 0 Å². The molecule has 0 bridgehead atoms. The monoisotopic (exact) mass is 1020 g/mol. The van der Waals surface area contributed by atoms with Crippen LogP contribution in [0.4, 0.5) is 0 Å². The Hall–Kier alpha value is -1.59. The molecule has 1 amide bonds. The molecule has 1 rings (SSSR count). The second kappa shape index (κ2) is 52.8. The fraction of sp³-hybridized carbons (Fsp3) is 0.889. The first-order valence-electron chi connectivity index (χ1n) is 31.2. The molecule has 7 atom stereocenters. The number of ether oxygens (including phenoxy) is 2. The molecule has 1 saturated heterocycles. The third-order valence-electron chi connectivity index (χ3n) is 15.0. The maximum Gasteiger partial charge on any atom is 0.220 e. The van der Waals surface area contributed by atoms with Gasteiger partial charge in [-0.3, -0.25) is 4.79 Å². The zero-order valence-electron chi connectivity index (χ0n) is 47.2. The summed E-state index contributed by atoms with van der Waals surface area (Å²) in [7, 11) is 0. The molecule has 424 valence electrons. The van der Waals surface area contributed by atoms with Gasteiger partial charge in [-0.15, -0.1) is 0 Å². The van der Waals surface area contributed by atoms with Crippen LogP contribution in [0, 0.1) is 0 Å². The van der Waals surface area contributed by atoms with E-state index < -0.39 is 49.5 Å². The number of rotatable bonds is 54. The highest BCUT2D eigenvalue weighted by atomic mass is 16.7. The van der Waals surface area contributed by atoms with Crippen molar-refractivity contribution in [1.82, 2.24) is 5.32 Å². The molecule has 0 saturated carbocycles. The van der Waals surface area contributed by atoms with E-state index in [0.717, 1.165) is 51.4 Å². The first-order valence-corrected chi connectivity index (χ1v) is 31.2. The summed E-state index contributed by atoms with van der Waals surface area (Å²) in [5.74, 6) is -0.142. The van der Waals surface area contributed by atoms with Crippen molar-refractivity contribution in [3.63, 3.8) is 0 Å². The quantitative estimate of drug-likeness (QED) is 0.0261. The van der Waals surface area contributed by atoms with E-state index in [9.17, 15) is 30.3 Å². The Morgan fingerprint density at radius 3 is 1.21 bits per heavy atom. The van der Waals surface area contributed by atoms with Crippen molar-refractivity contribution in [2.24, 2.45) is 0 Å². The Morgan fingerprint density at radius 1 is 0.472 bits per heavy atom. The Kier molecular flexibility index (Phi) is 50.2. The molecule has 1 aliphatic heterocycles. The molecule has 0 spiro atoms. The lowest BCUT2D eigenvalue weighted by Gasteiger charge is -2.40. The molecular formula is C63H119NO8. The summed E-state index contributed by atoms with van der Waals surface area (Å²) in [6.07, 6.45) is 61.8. The van der Waals surface area contributed by atoms with Crippen molar-refractivity contribution in [1.29, 1.82) is 0 Å². The first kappa shape index (κ1) is 68.4. The van der Waals surface area contributed by atoms with E-state index in [4.69, 9.17) is 9.47 Å². The van der Waals surface area contributed by atoms with E-state index in [1.165, 1.54) is 225 Å². The van der Waals surface area contributed by atoms with Gasteiger partial charge in [0.15, 0.2) is 6.29 Å². The molecule has 7 unspecified atom stereocenters. The molecule has 1 fully saturated rings. The Morgan fingerprint density at radius 2 is 0.819 bits per heavy atom. The number of hydrogen-bond acceptors (Lipinski definition) is 8. The van der Waals surface area contributed by atoms with Gasteiger partial charge in [-0.2, -0.15) is 0 Å². The van der Waals surface area contributed by atoms with Gasteiger partial charge in [-0.05, 0) is 51.4 Å². The molecule has 1 heterocycles. The van der Waals surface area contributed by atoms with Gasteiger partial charge >= 0.3 is 0 Å². The highest BCUT2D eigenvalue weighted by Crippen LogP contribution is 2.23. The van der Waals surface area contributed by atoms with Gasteiger partial charge in [0.05, 0.1) is 25.4 Å². The molecule has 0 aromatic heterocycles. The summed E-state index contributed by atoms with van der Waals surface area (Å²) in [6, 6.07) is -0.721. The zero-order chi connectivity index (χ0) is 52.2. The summed E-state index contributed by atoms with van der Waals surface area (Å²) in [5.41, 5.74) is 0. The predicted molar refractivity (Wildman–Crippen MR) is 304 cm³/mol. The molecule has 0 aromatic rings. The average molecular weight is 1020 g/mol. The molecule has 72 heavy (non-hydrogen) atoms. The number of carbonyl (C=O) groups excluding carboxylic acids is 1. The van der Waals surface area contributed by atoms with Crippen LogP contribution in [0.5, 0.6) is 0 Å². The zero-order valence-corrected chi connectivity index (χ0v) is 47.2. The molecule has 0 radical (unpaired) electrons. The Labute approximate surface area is 444 Å². The number of hydrogen-bond donors (Lipinski definition) is 6. The second-order valence-corrected chi connectivity index (χ2v) is 21.9. The summed E-state index contributed by atoms with van der Waals surface area (Å²) < 4.78 is 11.3. The highest BCUT2D eigenvalue weighted by Gasteiger charge is 2.44. The van der Waals surface area contributed by atoms with Gasteiger partial charge in [0.1, 0.15) is 24.4 Å². The smallest absolute Gasteiger partial charge is 0.220 e. The molecule has 9 heteroatoms. The van der Waals surface area contributed by atoms with Gasteiger partial charge in [-0.25, -0.2) is 0 Å². The van der Waals surface area contributed by atoms with Gasteiger partial charge in [-0.1, -0.05) is 281 Å². The van der Waals surface area contributed by atoms with Gasteiger partial charge in [0.2, 0.25) is 5.91 Å². The van der Waals surface area contributed by atoms with Crippen LogP contribution in [0.1, 0.15) is 303 Å². The number of allylic oxidation sites excluding steroid dienone is 6. The van der Waals surface area contributed by atoms with Crippen LogP contribution >= 0.6 is 0 Å². The number of unbranched alkanes of at least 4 members (excludes halogenated alkanes) is 38. The first-order chi connectivity index (χ1) is 35.3. The summed E-state index contributed by atoms with van der Waals surface area (Å²) in [5, 5.41) is 54.8. The standard InChI is InChI=1S/C63H119NO8/c1-3-5-7-9-11-13-15-17-19-21-23-25-27-28-29-30-31-33-35-37-39-41-43-45-47-49-51-53-59(67)64-56(55-71-63-62(70)61(69)60(68)58(54-65)72-63)57(66)52-50-48-46-44-42-40-38-36-34-32-26-24-22-20-18-16-14-12-10-8-6-4-2/h15,17,21,23,27-28,56-58,60-63,65-66,68-70H,3-14,16,18-20,22,24-26,29-55H2,1-2H3,(H,64,67)/b17-15-,23-21-,28-27-. The van der Waals surface area contributed by atoms with Crippen molar-refractivity contribution in [2.45, 2.75) is 346 Å². The maximum absolute atomic E-state index is 13.1. The molecular weight excluding hydrogens is 899 g/mol. The molecule has 6 N–H and O–H groups in total. The fourth-order valence-corrected chi connectivity index (χ4v) is 10.1. The number of carbonyl (C=O) groups is 1. The topological polar surface area (TPSA) is 149 Å². The average Bonchev–Trinajstić information content (AvgIpc) is 3.38.